The standard InChI is InChI=1S/C14H20N2/c1-9(2)15-11(4)14-8-12-7-10(3)5-6-13(12)16-14/h5-7,9,11,15H,8H2,1-4H3/t11-/m0/s1. The Balaban J connectivity index is 2.13. The predicted octanol–water partition coefficient (Wildman–Crippen LogP) is 3.01. The van der Waals surface area contributed by atoms with E-state index in [4.69, 9.17) is 4.99 Å². The average Bonchev–Trinajstić information content (AvgIpc) is 2.59. The van der Waals surface area contributed by atoms with Crippen molar-refractivity contribution in [3.05, 3.63) is 29.3 Å². The monoisotopic (exact) mass is 216 g/mol. The minimum absolute atomic E-state index is 0.368. The van der Waals surface area contributed by atoms with Crippen molar-refractivity contribution in [1.82, 2.24) is 5.32 Å². The smallest absolute Gasteiger partial charge is 0.0665 e. The summed E-state index contributed by atoms with van der Waals surface area (Å²) in [5, 5.41) is 3.50. The largest absolute Gasteiger partial charge is 0.307 e. The third-order valence-corrected chi connectivity index (χ3v) is 2.95. The SMILES string of the molecule is Cc1ccc2c(c1)CC([C@H](C)NC(C)C)=N2. The van der Waals surface area contributed by atoms with Gasteiger partial charge in [-0.1, -0.05) is 31.5 Å². The molecule has 86 valence electrons. The molecule has 1 aliphatic rings. The third-order valence-electron chi connectivity index (χ3n) is 2.95. The lowest BCUT2D eigenvalue weighted by atomic mass is 10.0. The van der Waals surface area contributed by atoms with Gasteiger partial charge in [0.15, 0.2) is 0 Å². The van der Waals surface area contributed by atoms with Crippen LogP contribution in [0.5, 0.6) is 0 Å². The van der Waals surface area contributed by atoms with E-state index in [9.17, 15) is 0 Å². The molecule has 1 atom stereocenters. The Kier molecular flexibility index (Phi) is 3.10. The number of nitrogens with zero attached hydrogens (tertiary/aromatic N) is 1. The first-order valence-electron chi connectivity index (χ1n) is 5.99. The fourth-order valence-electron chi connectivity index (χ4n) is 2.20. The molecule has 0 fully saturated rings. The van der Waals surface area contributed by atoms with Crippen LogP contribution in [0.3, 0.4) is 0 Å². The van der Waals surface area contributed by atoms with Crippen LogP contribution < -0.4 is 5.32 Å². The minimum atomic E-state index is 0.368. The van der Waals surface area contributed by atoms with E-state index in [1.165, 1.54) is 16.8 Å². The first-order valence-corrected chi connectivity index (χ1v) is 5.99. The van der Waals surface area contributed by atoms with Gasteiger partial charge in [0.25, 0.3) is 0 Å². The van der Waals surface area contributed by atoms with E-state index < -0.39 is 0 Å². The van der Waals surface area contributed by atoms with Crippen LogP contribution in [-0.4, -0.2) is 17.8 Å². The van der Waals surface area contributed by atoms with Gasteiger partial charge >= 0.3 is 0 Å². The van der Waals surface area contributed by atoms with Gasteiger partial charge in [-0.3, -0.25) is 4.99 Å². The number of fused-ring (bicyclic) bond motifs is 1. The molecule has 2 nitrogen and oxygen atoms in total. The molecular formula is C14H20N2. The van der Waals surface area contributed by atoms with Gasteiger partial charge in [-0.25, -0.2) is 0 Å². The normalized spacial score (nSPS) is 16.2. The maximum absolute atomic E-state index is 4.70. The Morgan fingerprint density at radius 3 is 2.69 bits per heavy atom. The highest BCUT2D eigenvalue weighted by molar-refractivity contribution is 5.97. The van der Waals surface area contributed by atoms with Crippen LogP contribution in [0.25, 0.3) is 0 Å². The number of hydrogen-bond acceptors (Lipinski definition) is 2. The quantitative estimate of drug-likeness (QED) is 0.825. The van der Waals surface area contributed by atoms with Crippen LogP contribution in [0.15, 0.2) is 23.2 Å². The summed E-state index contributed by atoms with van der Waals surface area (Å²) in [6, 6.07) is 7.37. The van der Waals surface area contributed by atoms with Gasteiger partial charge in [0.2, 0.25) is 0 Å². The number of aliphatic imine (C=N–C) groups is 1. The number of hydrogen-bond donors (Lipinski definition) is 1. The zero-order valence-electron chi connectivity index (χ0n) is 10.5. The molecule has 0 aromatic heterocycles. The highest BCUT2D eigenvalue weighted by atomic mass is 15.0. The van der Waals surface area contributed by atoms with E-state index in [1.807, 2.05) is 0 Å². The summed E-state index contributed by atoms with van der Waals surface area (Å²) in [5.41, 5.74) is 5.10. The zero-order valence-corrected chi connectivity index (χ0v) is 10.5. The second-order valence-corrected chi connectivity index (χ2v) is 4.96. The summed E-state index contributed by atoms with van der Waals surface area (Å²) < 4.78 is 0. The Bertz CT molecular complexity index is 419. The fraction of sp³-hybridized carbons (Fsp3) is 0.500. The summed E-state index contributed by atoms with van der Waals surface area (Å²) in [6.07, 6.45) is 0.998. The van der Waals surface area contributed by atoms with E-state index in [0.717, 1.165) is 12.1 Å². The highest BCUT2D eigenvalue weighted by Gasteiger charge is 2.19. The first-order chi connectivity index (χ1) is 7.56. The van der Waals surface area contributed by atoms with Gasteiger partial charge < -0.3 is 5.32 Å². The van der Waals surface area contributed by atoms with Gasteiger partial charge in [0, 0.05) is 24.2 Å². The van der Waals surface area contributed by atoms with Crippen molar-refractivity contribution in [1.29, 1.82) is 0 Å². The molecule has 1 aromatic carbocycles. The van der Waals surface area contributed by atoms with Crippen LogP contribution in [0.1, 0.15) is 31.9 Å². The lowest BCUT2D eigenvalue weighted by Crippen LogP contribution is -2.38. The van der Waals surface area contributed by atoms with Crippen LogP contribution in [0.4, 0.5) is 5.69 Å². The third kappa shape index (κ3) is 2.33. The molecule has 0 radical (unpaired) electrons. The van der Waals surface area contributed by atoms with Gasteiger partial charge in [0.1, 0.15) is 0 Å². The summed E-state index contributed by atoms with van der Waals surface area (Å²) >= 11 is 0. The number of benzene rings is 1. The number of nitrogens with one attached hydrogen (secondary N) is 1. The lowest BCUT2D eigenvalue weighted by molar-refractivity contribution is 0.564. The summed E-state index contributed by atoms with van der Waals surface area (Å²) in [4.78, 5) is 4.70. The van der Waals surface area contributed by atoms with Crippen LogP contribution in [0, 0.1) is 6.92 Å². The molecule has 0 amide bonds. The zero-order chi connectivity index (χ0) is 11.7. The van der Waals surface area contributed by atoms with Crippen molar-refractivity contribution in [3.63, 3.8) is 0 Å². The predicted molar refractivity (Wildman–Crippen MR) is 69.7 cm³/mol. The van der Waals surface area contributed by atoms with Crippen molar-refractivity contribution >= 4 is 11.4 Å². The Morgan fingerprint density at radius 2 is 2.00 bits per heavy atom. The average molecular weight is 216 g/mol. The Morgan fingerprint density at radius 1 is 1.25 bits per heavy atom. The van der Waals surface area contributed by atoms with Crippen molar-refractivity contribution in [2.75, 3.05) is 0 Å². The highest BCUT2D eigenvalue weighted by Crippen LogP contribution is 2.28. The molecule has 1 heterocycles. The Labute approximate surface area is 97.8 Å². The van der Waals surface area contributed by atoms with E-state index in [-0.39, 0.29) is 0 Å². The fourth-order valence-corrected chi connectivity index (χ4v) is 2.20. The topological polar surface area (TPSA) is 24.4 Å². The van der Waals surface area contributed by atoms with Gasteiger partial charge in [0.05, 0.1) is 5.69 Å². The van der Waals surface area contributed by atoms with Gasteiger partial charge in [-0.05, 0) is 25.5 Å². The Hall–Kier alpha value is -1.15. The minimum Gasteiger partial charge on any atom is -0.307 e. The van der Waals surface area contributed by atoms with Crippen molar-refractivity contribution in [2.24, 2.45) is 4.99 Å². The van der Waals surface area contributed by atoms with Crippen LogP contribution >= 0.6 is 0 Å². The van der Waals surface area contributed by atoms with E-state index >= 15 is 0 Å². The summed E-state index contributed by atoms with van der Waals surface area (Å²) in [6.45, 7) is 8.66. The molecule has 2 heteroatoms. The molecule has 0 unspecified atom stereocenters. The molecule has 2 rings (SSSR count). The number of aryl methyl sites for hydroxylation is 1. The first kappa shape index (κ1) is 11.3. The second kappa shape index (κ2) is 4.38. The molecule has 16 heavy (non-hydrogen) atoms. The maximum Gasteiger partial charge on any atom is 0.0665 e. The number of rotatable bonds is 3. The molecule has 0 saturated heterocycles. The molecule has 0 spiro atoms. The molecule has 1 aliphatic heterocycles. The van der Waals surface area contributed by atoms with Crippen molar-refractivity contribution < 1.29 is 0 Å². The molecule has 1 aromatic rings. The molecule has 1 N–H and O–H groups in total. The molecule has 0 aliphatic carbocycles. The summed E-state index contributed by atoms with van der Waals surface area (Å²) in [7, 11) is 0. The lowest BCUT2D eigenvalue weighted by Gasteiger charge is -2.16. The van der Waals surface area contributed by atoms with Gasteiger partial charge in [-0.2, -0.15) is 0 Å². The van der Waals surface area contributed by atoms with Crippen LogP contribution in [0.2, 0.25) is 0 Å². The molecule has 0 bridgehead atoms. The summed E-state index contributed by atoms with van der Waals surface area (Å²) in [5.74, 6) is 0. The van der Waals surface area contributed by atoms with Crippen LogP contribution in [-0.2, 0) is 6.42 Å². The van der Waals surface area contributed by atoms with Crippen molar-refractivity contribution in [3.8, 4) is 0 Å². The van der Waals surface area contributed by atoms with E-state index in [2.05, 4.69) is 51.2 Å². The molecular weight excluding hydrogens is 196 g/mol. The molecule has 0 saturated carbocycles. The second-order valence-electron chi connectivity index (χ2n) is 4.96. The van der Waals surface area contributed by atoms with Gasteiger partial charge in [-0.15, -0.1) is 0 Å². The maximum atomic E-state index is 4.70. The van der Waals surface area contributed by atoms with E-state index in [1.54, 1.807) is 0 Å². The van der Waals surface area contributed by atoms with E-state index in [0.29, 0.717) is 12.1 Å². The van der Waals surface area contributed by atoms with Crippen molar-refractivity contribution in [2.45, 2.75) is 46.2 Å².